The summed E-state index contributed by atoms with van der Waals surface area (Å²) in [5.41, 5.74) is 0.451. The molecule has 0 aromatic heterocycles. The number of nitrogens with zero attached hydrogens (tertiary/aromatic N) is 1. The van der Waals surface area contributed by atoms with E-state index in [9.17, 15) is 4.79 Å². The second-order valence-electron chi connectivity index (χ2n) is 7.91. The van der Waals surface area contributed by atoms with Crippen LogP contribution in [0.1, 0.15) is 49.8 Å². The standard InChI is InChI=1S/C26H31BrN2O4/c1-3-5-16-28-25(31)26(15-4-2)23(21-9-6-7-10-22(21)27)33-24(29-26)19-11-13-20(14-12-19)32-18-8-17-30/h4,6-7,9-14,23,30H,2-3,5,8,15-18H2,1H3,(H,28,31)/t23-,26-/m1/s1. The van der Waals surface area contributed by atoms with Crippen molar-refractivity contribution in [2.75, 3.05) is 19.8 Å². The van der Waals surface area contributed by atoms with Crippen LogP contribution in [0, 0.1) is 0 Å². The SMILES string of the molecule is C=CC[C@@]1(C(=O)NCCCC)N=C(c2ccc(OCCCO)cc2)O[C@@H]1c1ccccc1Br. The van der Waals surface area contributed by atoms with Crippen molar-refractivity contribution in [3.05, 3.63) is 76.8 Å². The van der Waals surface area contributed by atoms with Gasteiger partial charge in [0.2, 0.25) is 5.90 Å². The largest absolute Gasteiger partial charge is 0.494 e. The summed E-state index contributed by atoms with van der Waals surface area (Å²) in [6.07, 6.45) is 3.90. The van der Waals surface area contributed by atoms with Crippen molar-refractivity contribution in [2.24, 2.45) is 4.99 Å². The molecule has 2 aromatic carbocycles. The van der Waals surface area contributed by atoms with Gasteiger partial charge in [-0.05, 0) is 36.8 Å². The number of halogens is 1. The minimum absolute atomic E-state index is 0.0882. The number of carbonyl (C=O) groups excluding carboxylic acids is 1. The highest BCUT2D eigenvalue weighted by atomic mass is 79.9. The molecule has 7 heteroatoms. The molecule has 33 heavy (non-hydrogen) atoms. The number of aliphatic hydroxyl groups excluding tert-OH is 1. The molecule has 2 aromatic rings. The minimum Gasteiger partial charge on any atom is -0.494 e. The van der Waals surface area contributed by atoms with Gasteiger partial charge >= 0.3 is 0 Å². The summed E-state index contributed by atoms with van der Waals surface area (Å²) < 4.78 is 12.9. The van der Waals surface area contributed by atoms with E-state index in [1.807, 2.05) is 48.5 Å². The lowest BCUT2D eigenvalue weighted by Crippen LogP contribution is -2.48. The van der Waals surface area contributed by atoms with Crippen molar-refractivity contribution < 1.29 is 19.4 Å². The van der Waals surface area contributed by atoms with Crippen LogP contribution in [0.25, 0.3) is 0 Å². The first-order chi connectivity index (χ1) is 16.1. The third-order valence-electron chi connectivity index (χ3n) is 5.49. The highest BCUT2D eigenvalue weighted by Crippen LogP contribution is 2.44. The Morgan fingerprint density at radius 1 is 1.27 bits per heavy atom. The Kier molecular flexibility index (Phi) is 9.09. The summed E-state index contributed by atoms with van der Waals surface area (Å²) in [7, 11) is 0. The molecule has 2 atom stereocenters. The maximum absolute atomic E-state index is 13.5. The summed E-state index contributed by atoms with van der Waals surface area (Å²) in [6.45, 7) is 7.09. The molecule has 0 unspecified atom stereocenters. The Hall–Kier alpha value is -2.64. The van der Waals surface area contributed by atoms with Crippen molar-refractivity contribution in [3.8, 4) is 5.75 Å². The van der Waals surface area contributed by atoms with E-state index >= 15 is 0 Å². The Morgan fingerprint density at radius 3 is 2.70 bits per heavy atom. The lowest BCUT2D eigenvalue weighted by Gasteiger charge is -2.30. The number of carbonyl (C=O) groups is 1. The van der Waals surface area contributed by atoms with Crippen LogP contribution in [0.4, 0.5) is 0 Å². The van der Waals surface area contributed by atoms with E-state index in [1.165, 1.54) is 0 Å². The molecular weight excluding hydrogens is 484 g/mol. The molecule has 0 spiro atoms. The lowest BCUT2D eigenvalue weighted by atomic mass is 9.84. The summed E-state index contributed by atoms with van der Waals surface area (Å²) in [6, 6.07) is 15.1. The molecule has 0 radical (unpaired) electrons. The molecule has 1 aliphatic heterocycles. The van der Waals surface area contributed by atoms with Crippen molar-refractivity contribution in [1.29, 1.82) is 0 Å². The van der Waals surface area contributed by atoms with Crippen molar-refractivity contribution in [2.45, 2.75) is 44.2 Å². The molecule has 3 rings (SSSR count). The number of unbranched alkanes of at least 4 members (excludes halogenated alkanes) is 1. The quantitative estimate of drug-likeness (QED) is 0.310. The monoisotopic (exact) mass is 514 g/mol. The van der Waals surface area contributed by atoms with E-state index in [0.717, 1.165) is 28.4 Å². The van der Waals surface area contributed by atoms with E-state index in [4.69, 9.17) is 19.6 Å². The number of aliphatic hydroxyl groups is 1. The fourth-order valence-corrected chi connectivity index (χ4v) is 4.22. The minimum atomic E-state index is -1.16. The third-order valence-corrected chi connectivity index (χ3v) is 6.21. The summed E-state index contributed by atoms with van der Waals surface area (Å²) >= 11 is 3.61. The Bertz CT molecular complexity index is 977. The molecule has 6 nitrogen and oxygen atoms in total. The van der Waals surface area contributed by atoms with Crippen molar-refractivity contribution >= 4 is 27.7 Å². The molecule has 1 aliphatic rings. The van der Waals surface area contributed by atoms with E-state index in [2.05, 4.69) is 34.7 Å². The number of ether oxygens (including phenoxy) is 2. The topological polar surface area (TPSA) is 80.2 Å². The third kappa shape index (κ3) is 5.84. The van der Waals surface area contributed by atoms with Crippen LogP contribution in [-0.2, 0) is 9.53 Å². The van der Waals surface area contributed by atoms with Crippen molar-refractivity contribution in [3.63, 3.8) is 0 Å². The number of hydrogen-bond acceptors (Lipinski definition) is 5. The van der Waals surface area contributed by atoms with Crippen LogP contribution in [-0.4, -0.2) is 42.2 Å². The number of rotatable bonds is 12. The van der Waals surface area contributed by atoms with Crippen LogP contribution >= 0.6 is 15.9 Å². The first-order valence-electron chi connectivity index (χ1n) is 11.3. The van der Waals surface area contributed by atoms with Crippen LogP contribution in [0.2, 0.25) is 0 Å². The number of amides is 1. The number of hydrogen-bond donors (Lipinski definition) is 2. The van der Waals surface area contributed by atoms with Gasteiger partial charge in [-0.25, -0.2) is 4.99 Å². The Morgan fingerprint density at radius 2 is 2.03 bits per heavy atom. The lowest BCUT2D eigenvalue weighted by molar-refractivity contribution is -0.128. The van der Waals surface area contributed by atoms with Gasteiger partial charge in [0.1, 0.15) is 5.75 Å². The number of nitrogens with one attached hydrogen (secondary N) is 1. The van der Waals surface area contributed by atoms with E-state index in [1.54, 1.807) is 6.08 Å². The average Bonchev–Trinajstić information content (AvgIpc) is 3.21. The van der Waals surface area contributed by atoms with E-state index in [0.29, 0.717) is 37.6 Å². The molecule has 1 amide bonds. The smallest absolute Gasteiger partial charge is 0.252 e. The van der Waals surface area contributed by atoms with Gasteiger partial charge in [-0.1, -0.05) is 53.5 Å². The maximum atomic E-state index is 13.5. The highest BCUT2D eigenvalue weighted by molar-refractivity contribution is 9.10. The van der Waals surface area contributed by atoms with Gasteiger partial charge < -0.3 is 19.9 Å². The fraction of sp³-hybridized carbons (Fsp3) is 0.385. The van der Waals surface area contributed by atoms with Crippen molar-refractivity contribution in [1.82, 2.24) is 5.32 Å². The summed E-state index contributed by atoms with van der Waals surface area (Å²) in [4.78, 5) is 18.4. The molecule has 1 heterocycles. The molecular formula is C26H31BrN2O4. The van der Waals surface area contributed by atoms with Crippen LogP contribution in [0.15, 0.2) is 70.7 Å². The summed E-state index contributed by atoms with van der Waals surface area (Å²) in [5, 5.41) is 12.0. The van der Waals surface area contributed by atoms with Gasteiger partial charge in [0.05, 0.1) is 6.61 Å². The molecule has 2 N–H and O–H groups in total. The maximum Gasteiger partial charge on any atom is 0.252 e. The predicted octanol–water partition coefficient (Wildman–Crippen LogP) is 4.96. The summed E-state index contributed by atoms with van der Waals surface area (Å²) in [5.74, 6) is 0.934. The van der Waals surface area contributed by atoms with E-state index < -0.39 is 11.6 Å². The zero-order valence-corrected chi connectivity index (χ0v) is 20.5. The molecule has 0 fully saturated rings. The first kappa shape index (κ1) is 25.0. The second-order valence-corrected chi connectivity index (χ2v) is 8.77. The molecule has 176 valence electrons. The normalized spacial score (nSPS) is 19.5. The van der Waals surface area contributed by atoms with Crippen LogP contribution < -0.4 is 10.1 Å². The van der Waals surface area contributed by atoms with Gasteiger partial charge in [0.15, 0.2) is 11.6 Å². The van der Waals surface area contributed by atoms with Gasteiger partial charge in [-0.15, -0.1) is 6.58 Å². The highest BCUT2D eigenvalue weighted by Gasteiger charge is 2.52. The Balaban J connectivity index is 1.97. The van der Waals surface area contributed by atoms with Crippen LogP contribution in [0.5, 0.6) is 5.75 Å². The molecule has 0 saturated heterocycles. The predicted molar refractivity (Wildman–Crippen MR) is 134 cm³/mol. The molecule has 0 aliphatic carbocycles. The van der Waals surface area contributed by atoms with Gasteiger partial charge in [-0.3, -0.25) is 4.79 Å². The van der Waals surface area contributed by atoms with Gasteiger partial charge in [0.25, 0.3) is 5.91 Å². The first-order valence-corrected chi connectivity index (χ1v) is 12.1. The van der Waals surface area contributed by atoms with Crippen LogP contribution in [0.3, 0.4) is 0 Å². The zero-order chi connectivity index (χ0) is 23.7. The number of benzene rings is 2. The molecule has 0 saturated carbocycles. The van der Waals surface area contributed by atoms with E-state index in [-0.39, 0.29) is 12.5 Å². The van der Waals surface area contributed by atoms with Gasteiger partial charge in [-0.2, -0.15) is 0 Å². The number of aliphatic imine (C=N–C) groups is 1. The average molecular weight is 515 g/mol. The molecule has 0 bridgehead atoms. The Labute approximate surface area is 203 Å². The second kappa shape index (κ2) is 12.0. The fourth-order valence-electron chi connectivity index (χ4n) is 3.73. The van der Waals surface area contributed by atoms with Gasteiger partial charge in [0, 0.05) is 41.6 Å². The zero-order valence-electron chi connectivity index (χ0n) is 18.9.